The smallest absolute Gasteiger partial charge is 0.174 e. The Hall–Kier alpha value is -0.670. The minimum atomic E-state index is -0.384. The number of hydrogen-bond donors (Lipinski definition) is 1. The van der Waals surface area contributed by atoms with E-state index in [1.165, 1.54) is 0 Å². The highest BCUT2D eigenvalue weighted by atomic mass is 16.1. The summed E-state index contributed by atoms with van der Waals surface area (Å²) in [6, 6.07) is -0.384. The van der Waals surface area contributed by atoms with Crippen molar-refractivity contribution in [3.63, 3.8) is 0 Å². The molecule has 2 N–H and O–H groups in total. The van der Waals surface area contributed by atoms with Crippen LogP contribution in [0.3, 0.4) is 0 Å². The number of nitrogens with zero attached hydrogens (tertiary/aromatic N) is 1. The minimum absolute atomic E-state index is 0.0307. The number of ketones is 1. The molecule has 0 heterocycles. The monoisotopic (exact) mass is 170 g/mol. The molecule has 0 saturated carbocycles. The fourth-order valence-corrected chi connectivity index (χ4v) is 0.845. The topological polar surface area (TPSA) is 46.3 Å². The van der Waals surface area contributed by atoms with E-state index in [9.17, 15) is 4.79 Å². The molecular weight excluding hydrogens is 152 g/mol. The Kier molecular flexibility index (Phi) is 4.78. The van der Waals surface area contributed by atoms with Crippen molar-refractivity contribution < 1.29 is 4.79 Å². The highest BCUT2D eigenvalue weighted by molar-refractivity contribution is 5.98. The SMILES string of the molecule is C=C(C)C(=O)C(N)CCN(C)C. The Morgan fingerprint density at radius 3 is 2.42 bits per heavy atom. The van der Waals surface area contributed by atoms with Crippen LogP contribution in [-0.4, -0.2) is 37.4 Å². The van der Waals surface area contributed by atoms with Crippen molar-refractivity contribution in [3.8, 4) is 0 Å². The molecule has 1 atom stereocenters. The third-order valence-electron chi connectivity index (χ3n) is 1.64. The first kappa shape index (κ1) is 11.3. The van der Waals surface area contributed by atoms with Crippen LogP contribution in [0.25, 0.3) is 0 Å². The Morgan fingerprint density at radius 2 is 2.08 bits per heavy atom. The highest BCUT2D eigenvalue weighted by Crippen LogP contribution is 1.98. The average molecular weight is 170 g/mol. The van der Waals surface area contributed by atoms with Crippen molar-refractivity contribution >= 4 is 5.78 Å². The molecule has 12 heavy (non-hydrogen) atoms. The number of hydrogen-bond acceptors (Lipinski definition) is 3. The van der Waals surface area contributed by atoms with E-state index >= 15 is 0 Å². The van der Waals surface area contributed by atoms with Gasteiger partial charge >= 0.3 is 0 Å². The number of carbonyl (C=O) groups is 1. The summed E-state index contributed by atoms with van der Waals surface area (Å²) in [4.78, 5) is 13.2. The van der Waals surface area contributed by atoms with E-state index in [4.69, 9.17) is 5.73 Å². The van der Waals surface area contributed by atoms with E-state index in [1.807, 2.05) is 19.0 Å². The number of rotatable bonds is 5. The van der Waals surface area contributed by atoms with Crippen LogP contribution in [0.2, 0.25) is 0 Å². The molecule has 0 saturated heterocycles. The molecule has 0 fully saturated rings. The Labute approximate surface area is 74.2 Å². The summed E-state index contributed by atoms with van der Waals surface area (Å²) in [5, 5.41) is 0. The molecule has 0 aromatic heterocycles. The molecule has 0 rings (SSSR count). The first-order chi connectivity index (χ1) is 5.45. The second kappa shape index (κ2) is 5.06. The maximum Gasteiger partial charge on any atom is 0.174 e. The Morgan fingerprint density at radius 1 is 1.58 bits per heavy atom. The summed E-state index contributed by atoms with van der Waals surface area (Å²) < 4.78 is 0. The lowest BCUT2D eigenvalue weighted by atomic mass is 10.1. The van der Waals surface area contributed by atoms with Gasteiger partial charge in [-0.25, -0.2) is 0 Å². The quantitative estimate of drug-likeness (QED) is 0.608. The van der Waals surface area contributed by atoms with Crippen LogP contribution in [-0.2, 0) is 4.79 Å². The lowest BCUT2D eigenvalue weighted by Gasteiger charge is -2.13. The van der Waals surface area contributed by atoms with Crippen LogP contribution in [0.4, 0.5) is 0 Å². The largest absolute Gasteiger partial charge is 0.321 e. The third kappa shape index (κ3) is 4.26. The molecular formula is C9H18N2O. The van der Waals surface area contributed by atoms with Gasteiger partial charge in [0.1, 0.15) is 0 Å². The lowest BCUT2D eigenvalue weighted by Crippen LogP contribution is -2.34. The molecule has 3 nitrogen and oxygen atoms in total. The Bertz CT molecular complexity index is 175. The van der Waals surface area contributed by atoms with Crippen LogP contribution >= 0.6 is 0 Å². The van der Waals surface area contributed by atoms with Gasteiger partial charge < -0.3 is 10.6 Å². The summed E-state index contributed by atoms with van der Waals surface area (Å²) in [6.07, 6.45) is 0.693. The normalized spacial score (nSPS) is 13.1. The summed E-state index contributed by atoms with van der Waals surface area (Å²) in [6.45, 7) is 6.09. The van der Waals surface area contributed by atoms with E-state index in [-0.39, 0.29) is 11.8 Å². The minimum Gasteiger partial charge on any atom is -0.321 e. The molecule has 0 aromatic rings. The molecule has 0 bridgehead atoms. The van der Waals surface area contributed by atoms with Gasteiger partial charge in [-0.2, -0.15) is 0 Å². The van der Waals surface area contributed by atoms with Gasteiger partial charge in [0, 0.05) is 0 Å². The van der Waals surface area contributed by atoms with E-state index in [1.54, 1.807) is 6.92 Å². The van der Waals surface area contributed by atoms with Gasteiger partial charge in [-0.3, -0.25) is 4.79 Å². The summed E-state index contributed by atoms with van der Waals surface area (Å²) in [7, 11) is 3.91. The van der Waals surface area contributed by atoms with Gasteiger partial charge in [-0.1, -0.05) is 6.58 Å². The number of Topliss-reactive ketones (excluding diaryl/α,β-unsaturated/α-hetero) is 1. The predicted octanol–water partition coefficient (Wildman–Crippen LogP) is 0.411. The van der Waals surface area contributed by atoms with Crippen LogP contribution < -0.4 is 5.73 Å². The van der Waals surface area contributed by atoms with Crippen LogP contribution in [0.15, 0.2) is 12.2 Å². The van der Waals surface area contributed by atoms with Crippen molar-refractivity contribution in [2.75, 3.05) is 20.6 Å². The highest BCUT2D eigenvalue weighted by Gasteiger charge is 2.13. The van der Waals surface area contributed by atoms with Crippen molar-refractivity contribution in [1.82, 2.24) is 4.90 Å². The van der Waals surface area contributed by atoms with Crippen molar-refractivity contribution in [3.05, 3.63) is 12.2 Å². The van der Waals surface area contributed by atoms with E-state index in [2.05, 4.69) is 6.58 Å². The molecule has 0 aromatic carbocycles. The molecule has 70 valence electrons. The molecule has 0 radical (unpaired) electrons. The van der Waals surface area contributed by atoms with Crippen molar-refractivity contribution in [2.24, 2.45) is 5.73 Å². The zero-order chi connectivity index (χ0) is 9.72. The fourth-order valence-electron chi connectivity index (χ4n) is 0.845. The van der Waals surface area contributed by atoms with Gasteiger partial charge in [-0.05, 0) is 39.6 Å². The van der Waals surface area contributed by atoms with Crippen molar-refractivity contribution in [1.29, 1.82) is 0 Å². The molecule has 0 aliphatic rings. The van der Waals surface area contributed by atoms with Crippen LogP contribution in [0.5, 0.6) is 0 Å². The summed E-state index contributed by atoms with van der Waals surface area (Å²) in [5.74, 6) is -0.0307. The molecule has 0 aliphatic heterocycles. The Balaban J connectivity index is 3.80. The van der Waals surface area contributed by atoms with Gasteiger partial charge in [0.05, 0.1) is 6.04 Å². The fraction of sp³-hybridized carbons (Fsp3) is 0.667. The van der Waals surface area contributed by atoms with E-state index in [0.29, 0.717) is 12.0 Å². The molecule has 0 amide bonds. The molecule has 0 spiro atoms. The standard InChI is InChI=1S/C9H18N2O/c1-7(2)9(12)8(10)5-6-11(3)4/h8H,1,5-6,10H2,2-4H3. The van der Waals surface area contributed by atoms with Gasteiger partial charge in [0.25, 0.3) is 0 Å². The number of nitrogens with two attached hydrogens (primary N) is 1. The first-order valence-electron chi connectivity index (χ1n) is 4.05. The average Bonchev–Trinajstić information content (AvgIpc) is 1.98. The maximum atomic E-state index is 11.2. The summed E-state index contributed by atoms with van der Waals surface area (Å²) in [5.41, 5.74) is 6.17. The predicted molar refractivity (Wildman–Crippen MR) is 51.0 cm³/mol. The van der Waals surface area contributed by atoms with Crippen LogP contribution in [0, 0.1) is 0 Å². The van der Waals surface area contributed by atoms with E-state index < -0.39 is 0 Å². The zero-order valence-electron chi connectivity index (χ0n) is 8.13. The van der Waals surface area contributed by atoms with Crippen molar-refractivity contribution in [2.45, 2.75) is 19.4 Å². The lowest BCUT2D eigenvalue weighted by molar-refractivity contribution is -0.116. The molecule has 0 aliphatic carbocycles. The van der Waals surface area contributed by atoms with Gasteiger partial charge in [0.2, 0.25) is 0 Å². The van der Waals surface area contributed by atoms with Gasteiger partial charge in [-0.15, -0.1) is 0 Å². The number of carbonyl (C=O) groups excluding carboxylic acids is 1. The molecule has 3 heteroatoms. The van der Waals surface area contributed by atoms with Gasteiger partial charge in [0.15, 0.2) is 5.78 Å². The second-order valence-electron chi connectivity index (χ2n) is 3.34. The third-order valence-corrected chi connectivity index (χ3v) is 1.64. The van der Waals surface area contributed by atoms with Crippen LogP contribution in [0.1, 0.15) is 13.3 Å². The second-order valence-corrected chi connectivity index (χ2v) is 3.34. The molecule has 1 unspecified atom stereocenters. The summed E-state index contributed by atoms with van der Waals surface area (Å²) >= 11 is 0. The van der Waals surface area contributed by atoms with E-state index in [0.717, 1.165) is 6.54 Å². The maximum absolute atomic E-state index is 11.2. The zero-order valence-corrected chi connectivity index (χ0v) is 8.13. The first-order valence-corrected chi connectivity index (χ1v) is 4.05.